The fourth-order valence-corrected chi connectivity index (χ4v) is 2.28. The van der Waals surface area contributed by atoms with Crippen LogP contribution in [0.15, 0.2) is 65.1 Å². The van der Waals surface area contributed by atoms with E-state index in [1.807, 2.05) is 60.7 Å². The van der Waals surface area contributed by atoms with Gasteiger partial charge in [-0.3, -0.25) is 0 Å². The van der Waals surface area contributed by atoms with E-state index in [0.717, 1.165) is 28.7 Å². The van der Waals surface area contributed by atoms with E-state index in [9.17, 15) is 5.11 Å². The van der Waals surface area contributed by atoms with Crippen LogP contribution in [0.2, 0.25) is 0 Å². The Morgan fingerprint density at radius 2 is 1.68 bits per heavy atom. The highest BCUT2D eigenvalue weighted by molar-refractivity contribution is 5.77. The fourth-order valence-electron chi connectivity index (χ4n) is 2.28. The second kappa shape index (κ2) is 5.29. The normalized spacial score (nSPS) is 12.7. The highest BCUT2D eigenvalue weighted by atomic mass is 16.3. The molecule has 0 bridgehead atoms. The number of benzene rings is 2. The van der Waals surface area contributed by atoms with E-state index in [2.05, 4.69) is 0 Å². The summed E-state index contributed by atoms with van der Waals surface area (Å²) in [7, 11) is 0. The summed E-state index contributed by atoms with van der Waals surface area (Å²) in [6.07, 6.45) is 0.976. The van der Waals surface area contributed by atoms with Crippen molar-refractivity contribution in [3.05, 3.63) is 72.0 Å². The predicted octanol–water partition coefficient (Wildman–Crippen LogP) is 4.10. The van der Waals surface area contributed by atoms with Gasteiger partial charge in [-0.05, 0) is 24.1 Å². The summed E-state index contributed by atoms with van der Waals surface area (Å²) in [6, 6.07) is 19.8. The van der Waals surface area contributed by atoms with Crippen molar-refractivity contribution >= 4 is 11.0 Å². The molecule has 0 aliphatic heterocycles. The van der Waals surface area contributed by atoms with Gasteiger partial charge >= 0.3 is 0 Å². The van der Waals surface area contributed by atoms with Gasteiger partial charge in [-0.1, -0.05) is 48.5 Å². The number of rotatable bonds is 4. The van der Waals surface area contributed by atoms with Crippen molar-refractivity contribution in [2.45, 2.75) is 18.9 Å². The van der Waals surface area contributed by atoms with E-state index in [1.165, 1.54) is 0 Å². The third kappa shape index (κ3) is 2.69. The smallest absolute Gasteiger partial charge is 0.134 e. The standard InChI is InChI=1S/C17H16O2/c18-16(13-6-2-1-3-7-13)11-10-15-12-14-8-4-5-9-17(14)19-15/h1-9,12,16,18H,10-11H2. The molecular formula is C17H16O2. The van der Waals surface area contributed by atoms with Gasteiger partial charge in [0, 0.05) is 11.8 Å². The van der Waals surface area contributed by atoms with Crippen molar-refractivity contribution in [3.8, 4) is 0 Å². The maximum absolute atomic E-state index is 10.1. The molecule has 19 heavy (non-hydrogen) atoms. The van der Waals surface area contributed by atoms with Gasteiger partial charge < -0.3 is 9.52 Å². The third-order valence-electron chi connectivity index (χ3n) is 3.33. The molecule has 0 aliphatic carbocycles. The number of aryl methyl sites for hydroxylation is 1. The summed E-state index contributed by atoms with van der Waals surface area (Å²) in [6.45, 7) is 0. The van der Waals surface area contributed by atoms with Crippen molar-refractivity contribution in [3.63, 3.8) is 0 Å². The van der Waals surface area contributed by atoms with Gasteiger partial charge in [0.15, 0.2) is 0 Å². The van der Waals surface area contributed by atoms with Crippen LogP contribution in [0.1, 0.15) is 23.8 Å². The van der Waals surface area contributed by atoms with Crippen LogP contribution in [0.4, 0.5) is 0 Å². The number of furan rings is 1. The Morgan fingerprint density at radius 3 is 2.47 bits per heavy atom. The van der Waals surface area contributed by atoms with Crippen molar-refractivity contribution in [1.82, 2.24) is 0 Å². The van der Waals surface area contributed by atoms with Crippen molar-refractivity contribution in [2.75, 3.05) is 0 Å². The molecule has 96 valence electrons. The summed E-state index contributed by atoms with van der Waals surface area (Å²) < 4.78 is 5.74. The molecule has 2 aromatic carbocycles. The molecule has 3 rings (SSSR count). The quantitative estimate of drug-likeness (QED) is 0.758. The van der Waals surface area contributed by atoms with E-state index >= 15 is 0 Å². The minimum Gasteiger partial charge on any atom is -0.461 e. The Labute approximate surface area is 112 Å². The maximum Gasteiger partial charge on any atom is 0.134 e. The van der Waals surface area contributed by atoms with Gasteiger partial charge in [0.1, 0.15) is 11.3 Å². The highest BCUT2D eigenvalue weighted by Crippen LogP contribution is 2.23. The lowest BCUT2D eigenvalue weighted by molar-refractivity contribution is 0.165. The number of aliphatic hydroxyl groups excluding tert-OH is 1. The Bertz CT molecular complexity index is 622. The zero-order valence-corrected chi connectivity index (χ0v) is 10.6. The zero-order valence-electron chi connectivity index (χ0n) is 10.6. The largest absolute Gasteiger partial charge is 0.461 e. The van der Waals surface area contributed by atoms with Gasteiger partial charge in [-0.25, -0.2) is 0 Å². The Morgan fingerprint density at radius 1 is 0.947 bits per heavy atom. The molecule has 0 saturated heterocycles. The Balaban J connectivity index is 1.69. The van der Waals surface area contributed by atoms with Crippen molar-refractivity contribution in [2.24, 2.45) is 0 Å². The minimum absolute atomic E-state index is 0.436. The molecule has 1 atom stereocenters. The maximum atomic E-state index is 10.1. The molecule has 1 N–H and O–H groups in total. The molecule has 2 heteroatoms. The molecule has 0 fully saturated rings. The molecule has 2 nitrogen and oxygen atoms in total. The van der Waals surface area contributed by atoms with E-state index in [-0.39, 0.29) is 0 Å². The first-order valence-electron chi connectivity index (χ1n) is 6.53. The lowest BCUT2D eigenvalue weighted by Crippen LogP contribution is -1.98. The number of para-hydroxylation sites is 1. The van der Waals surface area contributed by atoms with Gasteiger partial charge in [0.2, 0.25) is 0 Å². The summed E-state index contributed by atoms with van der Waals surface area (Å²) in [5, 5.41) is 11.2. The van der Waals surface area contributed by atoms with Crippen LogP contribution in [-0.4, -0.2) is 5.11 Å². The molecule has 0 amide bonds. The summed E-state index contributed by atoms with van der Waals surface area (Å²) in [5.41, 5.74) is 1.87. The summed E-state index contributed by atoms with van der Waals surface area (Å²) >= 11 is 0. The summed E-state index contributed by atoms with van der Waals surface area (Å²) in [4.78, 5) is 0. The molecule has 0 saturated carbocycles. The topological polar surface area (TPSA) is 33.4 Å². The third-order valence-corrected chi connectivity index (χ3v) is 3.33. The molecule has 1 aromatic heterocycles. The van der Waals surface area contributed by atoms with Crippen LogP contribution in [-0.2, 0) is 6.42 Å². The van der Waals surface area contributed by atoms with Gasteiger partial charge in [0.25, 0.3) is 0 Å². The molecule has 0 aliphatic rings. The molecule has 0 radical (unpaired) electrons. The molecule has 1 unspecified atom stereocenters. The number of hydrogen-bond donors (Lipinski definition) is 1. The predicted molar refractivity (Wildman–Crippen MR) is 75.9 cm³/mol. The lowest BCUT2D eigenvalue weighted by atomic mass is 10.0. The number of hydrogen-bond acceptors (Lipinski definition) is 2. The van der Waals surface area contributed by atoms with Crippen LogP contribution >= 0.6 is 0 Å². The molecule has 1 heterocycles. The van der Waals surface area contributed by atoms with Gasteiger partial charge in [-0.2, -0.15) is 0 Å². The first-order chi connectivity index (χ1) is 9.33. The van der Waals surface area contributed by atoms with E-state index < -0.39 is 6.10 Å². The lowest BCUT2D eigenvalue weighted by Gasteiger charge is -2.09. The molecule has 3 aromatic rings. The van der Waals surface area contributed by atoms with Crippen LogP contribution in [0.25, 0.3) is 11.0 Å². The van der Waals surface area contributed by atoms with Crippen molar-refractivity contribution < 1.29 is 9.52 Å². The van der Waals surface area contributed by atoms with Crippen LogP contribution < -0.4 is 0 Å². The number of fused-ring (bicyclic) bond motifs is 1. The zero-order chi connectivity index (χ0) is 13.1. The van der Waals surface area contributed by atoms with E-state index in [1.54, 1.807) is 0 Å². The molecule has 0 spiro atoms. The highest BCUT2D eigenvalue weighted by Gasteiger charge is 2.09. The Kier molecular flexibility index (Phi) is 3.34. The second-order valence-electron chi connectivity index (χ2n) is 4.72. The van der Waals surface area contributed by atoms with Crippen LogP contribution in [0, 0.1) is 0 Å². The number of aliphatic hydroxyl groups is 1. The first kappa shape index (κ1) is 12.0. The minimum atomic E-state index is -0.436. The van der Waals surface area contributed by atoms with Crippen molar-refractivity contribution in [1.29, 1.82) is 0 Å². The van der Waals surface area contributed by atoms with Gasteiger partial charge in [0.05, 0.1) is 6.10 Å². The first-order valence-corrected chi connectivity index (χ1v) is 6.53. The second-order valence-corrected chi connectivity index (χ2v) is 4.72. The fraction of sp³-hybridized carbons (Fsp3) is 0.176. The summed E-state index contributed by atoms with van der Waals surface area (Å²) in [5.74, 6) is 0.927. The van der Waals surface area contributed by atoms with E-state index in [4.69, 9.17) is 4.42 Å². The Hall–Kier alpha value is -2.06. The van der Waals surface area contributed by atoms with E-state index in [0.29, 0.717) is 6.42 Å². The van der Waals surface area contributed by atoms with Crippen LogP contribution in [0.5, 0.6) is 0 Å². The molecular weight excluding hydrogens is 236 g/mol. The van der Waals surface area contributed by atoms with Crippen LogP contribution in [0.3, 0.4) is 0 Å². The monoisotopic (exact) mass is 252 g/mol. The van der Waals surface area contributed by atoms with Gasteiger partial charge in [-0.15, -0.1) is 0 Å². The average molecular weight is 252 g/mol. The average Bonchev–Trinajstić information content (AvgIpc) is 2.88. The SMILES string of the molecule is OC(CCc1cc2ccccc2o1)c1ccccc1.